The third-order valence-corrected chi connectivity index (χ3v) is 4.07. The molecule has 0 atom stereocenters. The van der Waals surface area contributed by atoms with E-state index in [9.17, 15) is 31.1 Å². The first-order chi connectivity index (χ1) is 11.9. The molecule has 0 fully saturated rings. The molecule has 0 unspecified atom stereocenters. The van der Waals surface area contributed by atoms with Crippen LogP contribution < -0.4 is 5.73 Å². The summed E-state index contributed by atoms with van der Waals surface area (Å²) in [6.45, 7) is 1.71. The average molecular weight is 396 g/mol. The Balaban J connectivity index is 2.35. The van der Waals surface area contributed by atoms with E-state index in [1.54, 1.807) is 12.3 Å². The van der Waals surface area contributed by atoms with Crippen molar-refractivity contribution < 1.29 is 36.0 Å². The van der Waals surface area contributed by atoms with Crippen LogP contribution in [0.3, 0.4) is 0 Å². The second-order valence-electron chi connectivity index (χ2n) is 5.14. The number of oxime groups is 1. The minimum atomic E-state index is -5.03. The fourth-order valence-corrected chi connectivity index (χ4v) is 2.60. The maximum absolute atomic E-state index is 12.8. The highest BCUT2D eigenvalue weighted by molar-refractivity contribution is 7.12. The standard InChI is InChI=1S/C15H10F6N2O2S/c1-7-2-11(26-6-7)13(24)25-23-12(22)8-3-9(14(16,17)18)5-10(4-8)15(19,20)21/h2-6H,1H3,(H2,22,23). The number of nitrogens with zero attached hydrogens (tertiary/aromatic N) is 1. The number of nitrogens with two attached hydrogens (primary N) is 1. The van der Waals surface area contributed by atoms with Gasteiger partial charge in [-0.05, 0) is 42.1 Å². The summed E-state index contributed by atoms with van der Waals surface area (Å²) in [5.74, 6) is -1.74. The molecule has 0 aliphatic carbocycles. The second kappa shape index (κ2) is 6.98. The molecule has 2 N–H and O–H groups in total. The number of benzene rings is 1. The van der Waals surface area contributed by atoms with Crippen molar-refractivity contribution in [2.24, 2.45) is 10.9 Å². The molecule has 11 heteroatoms. The summed E-state index contributed by atoms with van der Waals surface area (Å²) in [6, 6.07) is 2.20. The summed E-state index contributed by atoms with van der Waals surface area (Å²) in [5, 5.41) is 4.79. The van der Waals surface area contributed by atoms with Crippen LogP contribution in [-0.2, 0) is 17.2 Å². The predicted molar refractivity (Wildman–Crippen MR) is 81.6 cm³/mol. The minimum absolute atomic E-state index is 0.0444. The van der Waals surface area contributed by atoms with Crippen molar-refractivity contribution in [1.82, 2.24) is 0 Å². The first kappa shape index (κ1) is 19.8. The summed E-state index contributed by atoms with van der Waals surface area (Å²) in [4.78, 5) is 16.3. The first-order valence-electron chi connectivity index (χ1n) is 6.77. The van der Waals surface area contributed by atoms with Crippen LogP contribution in [0.2, 0.25) is 0 Å². The zero-order valence-electron chi connectivity index (χ0n) is 12.9. The second-order valence-corrected chi connectivity index (χ2v) is 6.05. The van der Waals surface area contributed by atoms with Crippen LogP contribution in [0.4, 0.5) is 26.3 Å². The third kappa shape index (κ3) is 4.75. The number of amidine groups is 1. The first-order valence-corrected chi connectivity index (χ1v) is 7.65. The largest absolute Gasteiger partial charge is 0.416 e. The number of halogens is 6. The quantitative estimate of drug-likeness (QED) is 0.272. The van der Waals surface area contributed by atoms with Gasteiger partial charge in [0.2, 0.25) is 0 Å². The van der Waals surface area contributed by atoms with Gasteiger partial charge in [0.25, 0.3) is 0 Å². The summed E-state index contributed by atoms with van der Waals surface area (Å²) < 4.78 is 76.8. The Morgan fingerprint density at radius 1 is 1.04 bits per heavy atom. The number of hydrogen-bond acceptors (Lipinski definition) is 4. The molecule has 1 aromatic carbocycles. The number of hydrogen-bond donors (Lipinski definition) is 1. The number of thiophene rings is 1. The molecule has 26 heavy (non-hydrogen) atoms. The van der Waals surface area contributed by atoms with Crippen molar-refractivity contribution in [2.75, 3.05) is 0 Å². The van der Waals surface area contributed by atoms with Gasteiger partial charge < -0.3 is 10.6 Å². The van der Waals surface area contributed by atoms with E-state index in [-0.39, 0.29) is 10.9 Å². The van der Waals surface area contributed by atoms with Gasteiger partial charge in [0, 0.05) is 5.56 Å². The molecule has 0 amide bonds. The molecule has 0 spiro atoms. The molecule has 2 rings (SSSR count). The van der Waals surface area contributed by atoms with Gasteiger partial charge in [-0.3, -0.25) is 0 Å². The van der Waals surface area contributed by atoms with Gasteiger partial charge in [0.05, 0.1) is 11.1 Å². The Hall–Kier alpha value is -2.56. The molecule has 2 aromatic rings. The van der Waals surface area contributed by atoms with Gasteiger partial charge >= 0.3 is 18.3 Å². The highest BCUT2D eigenvalue weighted by Crippen LogP contribution is 2.36. The number of carbonyl (C=O) groups excluding carboxylic acids is 1. The van der Waals surface area contributed by atoms with E-state index in [0.29, 0.717) is 12.1 Å². The van der Waals surface area contributed by atoms with Crippen LogP contribution in [0.25, 0.3) is 0 Å². The molecule has 0 radical (unpaired) electrons. The lowest BCUT2D eigenvalue weighted by atomic mass is 10.0. The number of carbonyl (C=O) groups is 1. The van der Waals surface area contributed by atoms with E-state index in [1.165, 1.54) is 6.07 Å². The molecule has 0 saturated carbocycles. The zero-order valence-corrected chi connectivity index (χ0v) is 13.7. The fraction of sp³-hybridized carbons (Fsp3) is 0.200. The normalized spacial score (nSPS) is 13.0. The molecule has 0 bridgehead atoms. The molecule has 140 valence electrons. The van der Waals surface area contributed by atoms with Gasteiger partial charge in [0.1, 0.15) is 4.88 Å². The van der Waals surface area contributed by atoms with Crippen LogP contribution in [-0.4, -0.2) is 11.8 Å². The van der Waals surface area contributed by atoms with E-state index in [4.69, 9.17) is 5.73 Å². The fourth-order valence-electron chi connectivity index (χ4n) is 1.83. The third-order valence-electron chi connectivity index (χ3n) is 3.04. The van der Waals surface area contributed by atoms with Crippen molar-refractivity contribution in [2.45, 2.75) is 19.3 Å². The van der Waals surface area contributed by atoms with Crippen LogP contribution in [0.1, 0.15) is 31.9 Å². The van der Waals surface area contributed by atoms with Crippen LogP contribution >= 0.6 is 11.3 Å². The van der Waals surface area contributed by atoms with Crippen LogP contribution in [0, 0.1) is 6.92 Å². The maximum atomic E-state index is 12.8. The van der Waals surface area contributed by atoms with E-state index in [1.807, 2.05) is 0 Å². The molecular formula is C15H10F6N2O2S. The Labute approximate surface area is 146 Å². The molecule has 1 heterocycles. The Morgan fingerprint density at radius 3 is 2.00 bits per heavy atom. The van der Waals surface area contributed by atoms with Gasteiger partial charge in [-0.15, -0.1) is 11.3 Å². The molecule has 1 aromatic heterocycles. The summed E-state index contributed by atoms with van der Waals surface area (Å²) in [5.41, 5.74) is 2.37. The summed E-state index contributed by atoms with van der Waals surface area (Å²) >= 11 is 1.03. The van der Waals surface area contributed by atoms with Crippen molar-refractivity contribution in [3.8, 4) is 0 Å². The Morgan fingerprint density at radius 2 is 1.58 bits per heavy atom. The van der Waals surface area contributed by atoms with Crippen molar-refractivity contribution in [3.05, 3.63) is 56.8 Å². The van der Waals surface area contributed by atoms with Gasteiger partial charge in [0.15, 0.2) is 5.84 Å². The van der Waals surface area contributed by atoms with Crippen molar-refractivity contribution in [1.29, 1.82) is 0 Å². The minimum Gasteiger partial charge on any atom is -0.380 e. The smallest absolute Gasteiger partial charge is 0.380 e. The lowest BCUT2D eigenvalue weighted by Gasteiger charge is -2.13. The molecule has 0 aliphatic rings. The van der Waals surface area contributed by atoms with Gasteiger partial charge in [-0.2, -0.15) is 26.3 Å². The molecular weight excluding hydrogens is 386 g/mol. The van der Waals surface area contributed by atoms with Crippen LogP contribution in [0.5, 0.6) is 0 Å². The Kier molecular flexibility index (Phi) is 5.31. The Bertz CT molecular complexity index is 822. The van der Waals surface area contributed by atoms with Gasteiger partial charge in [-0.25, -0.2) is 4.79 Å². The topological polar surface area (TPSA) is 64.7 Å². The summed E-state index contributed by atoms with van der Waals surface area (Å²) in [7, 11) is 0. The van der Waals surface area contributed by atoms with Gasteiger partial charge in [-0.1, -0.05) is 5.16 Å². The SMILES string of the molecule is Cc1csc(C(=O)O/N=C(/N)c2cc(C(F)(F)F)cc(C(F)(F)F)c2)c1. The van der Waals surface area contributed by atoms with E-state index in [0.717, 1.165) is 16.9 Å². The zero-order chi connectivity index (χ0) is 19.7. The van der Waals surface area contributed by atoms with Crippen molar-refractivity contribution >= 4 is 23.1 Å². The predicted octanol–water partition coefficient (Wildman–Crippen LogP) is 4.57. The molecule has 0 aliphatic heterocycles. The average Bonchev–Trinajstić information content (AvgIpc) is 2.96. The van der Waals surface area contributed by atoms with E-state index in [2.05, 4.69) is 9.99 Å². The molecule has 4 nitrogen and oxygen atoms in total. The van der Waals surface area contributed by atoms with E-state index < -0.39 is 40.8 Å². The molecule has 0 saturated heterocycles. The highest BCUT2D eigenvalue weighted by atomic mass is 32.1. The number of aryl methyl sites for hydroxylation is 1. The lowest BCUT2D eigenvalue weighted by Crippen LogP contribution is -2.19. The lowest BCUT2D eigenvalue weighted by molar-refractivity contribution is -0.143. The summed E-state index contributed by atoms with van der Waals surface area (Å²) in [6.07, 6.45) is -10.1. The monoisotopic (exact) mass is 396 g/mol. The van der Waals surface area contributed by atoms with Crippen molar-refractivity contribution in [3.63, 3.8) is 0 Å². The van der Waals surface area contributed by atoms with Crippen LogP contribution in [0.15, 0.2) is 34.8 Å². The highest BCUT2D eigenvalue weighted by Gasteiger charge is 2.37. The number of rotatable bonds is 3. The maximum Gasteiger partial charge on any atom is 0.416 e. The van der Waals surface area contributed by atoms with E-state index >= 15 is 0 Å². The number of alkyl halides is 6.